The van der Waals surface area contributed by atoms with Gasteiger partial charge in [0.2, 0.25) is 0 Å². The van der Waals surface area contributed by atoms with Crippen LogP contribution in [0.2, 0.25) is 0 Å². The quantitative estimate of drug-likeness (QED) is 0.744. The van der Waals surface area contributed by atoms with Crippen molar-refractivity contribution in [2.75, 3.05) is 0 Å². The van der Waals surface area contributed by atoms with Gasteiger partial charge in [0.25, 0.3) is 0 Å². The number of hydrogen-bond acceptors (Lipinski definition) is 3. The van der Waals surface area contributed by atoms with E-state index in [1.54, 1.807) is 6.26 Å². The first-order valence-electron chi connectivity index (χ1n) is 6.87. The molecule has 0 spiro atoms. The number of hydrogen-bond donors (Lipinski definition) is 2. The average molecular weight is 250 g/mol. The largest absolute Gasteiger partial charge is 0.469 e. The van der Waals surface area contributed by atoms with E-state index in [2.05, 4.69) is 6.92 Å². The summed E-state index contributed by atoms with van der Waals surface area (Å²) in [4.78, 5) is 0. The summed E-state index contributed by atoms with van der Waals surface area (Å²) in [5, 5.41) is 21.8. The maximum atomic E-state index is 11.0. The van der Waals surface area contributed by atoms with Gasteiger partial charge in [-0.3, -0.25) is 0 Å². The van der Waals surface area contributed by atoms with Crippen LogP contribution in [0.5, 0.6) is 0 Å². The minimum Gasteiger partial charge on any atom is -0.469 e. The fourth-order valence-electron chi connectivity index (χ4n) is 4.11. The molecule has 2 aliphatic carbocycles. The van der Waals surface area contributed by atoms with Crippen LogP contribution in [0.1, 0.15) is 56.1 Å². The fourth-order valence-corrected chi connectivity index (χ4v) is 4.11. The van der Waals surface area contributed by atoms with Crippen molar-refractivity contribution in [2.45, 2.75) is 58.2 Å². The summed E-state index contributed by atoms with van der Waals surface area (Å²) in [6.07, 6.45) is 4.46. The van der Waals surface area contributed by atoms with Gasteiger partial charge in [-0.25, -0.2) is 0 Å². The van der Waals surface area contributed by atoms with E-state index in [0.717, 1.165) is 36.1 Å². The van der Waals surface area contributed by atoms with Crippen molar-refractivity contribution < 1.29 is 14.6 Å². The first-order valence-corrected chi connectivity index (χ1v) is 6.87. The molecule has 0 amide bonds. The van der Waals surface area contributed by atoms with E-state index in [4.69, 9.17) is 4.42 Å². The Morgan fingerprint density at radius 1 is 1.44 bits per heavy atom. The van der Waals surface area contributed by atoms with Gasteiger partial charge >= 0.3 is 0 Å². The van der Waals surface area contributed by atoms with Gasteiger partial charge in [0.1, 0.15) is 5.76 Å². The van der Waals surface area contributed by atoms with Crippen molar-refractivity contribution >= 4 is 0 Å². The summed E-state index contributed by atoms with van der Waals surface area (Å²) >= 11 is 0. The lowest BCUT2D eigenvalue weighted by Gasteiger charge is -2.56. The zero-order valence-electron chi connectivity index (χ0n) is 11.4. The Morgan fingerprint density at radius 3 is 2.89 bits per heavy atom. The second-order valence-corrected chi connectivity index (χ2v) is 6.44. The SMILES string of the molecule is Cc1coc2c1[C@@H](O)[C@]1(C)[C@@H](C)CCC[C@]1(O)C2. The second-order valence-electron chi connectivity index (χ2n) is 6.44. The van der Waals surface area contributed by atoms with Gasteiger partial charge in [0, 0.05) is 17.4 Å². The Balaban J connectivity index is 2.17. The molecule has 0 aliphatic heterocycles. The molecular weight excluding hydrogens is 228 g/mol. The highest BCUT2D eigenvalue weighted by molar-refractivity contribution is 5.37. The van der Waals surface area contributed by atoms with Crippen LogP contribution in [0.4, 0.5) is 0 Å². The minimum absolute atomic E-state index is 0.314. The Kier molecular flexibility index (Phi) is 2.46. The van der Waals surface area contributed by atoms with Crippen LogP contribution < -0.4 is 0 Å². The zero-order valence-corrected chi connectivity index (χ0v) is 11.4. The molecule has 2 N–H and O–H groups in total. The highest BCUT2D eigenvalue weighted by Crippen LogP contribution is 2.59. The molecule has 0 saturated heterocycles. The van der Waals surface area contributed by atoms with E-state index in [9.17, 15) is 10.2 Å². The number of furan rings is 1. The lowest BCUT2D eigenvalue weighted by Crippen LogP contribution is -2.59. The third-order valence-corrected chi connectivity index (χ3v) is 5.65. The Bertz CT molecular complexity index is 478. The summed E-state index contributed by atoms with van der Waals surface area (Å²) in [5.41, 5.74) is 0.614. The van der Waals surface area contributed by atoms with E-state index in [0.29, 0.717) is 12.3 Å². The van der Waals surface area contributed by atoms with E-state index in [-0.39, 0.29) is 0 Å². The highest BCUT2D eigenvalue weighted by atomic mass is 16.3. The summed E-state index contributed by atoms with van der Waals surface area (Å²) < 4.78 is 5.53. The average Bonchev–Trinajstić information content (AvgIpc) is 2.65. The standard InChI is InChI=1S/C15H22O3/c1-9-8-18-11-7-15(17)6-4-5-10(2)14(15,3)13(16)12(9)11/h8,10,13,16-17H,4-7H2,1-3H3/t10-,13+,14-,15-/m0/s1. The second kappa shape index (κ2) is 3.61. The third-order valence-electron chi connectivity index (χ3n) is 5.65. The van der Waals surface area contributed by atoms with Gasteiger partial charge in [0.05, 0.1) is 18.0 Å². The van der Waals surface area contributed by atoms with Crippen molar-refractivity contribution in [1.29, 1.82) is 0 Å². The van der Waals surface area contributed by atoms with Crippen LogP contribution in [0.25, 0.3) is 0 Å². The molecule has 18 heavy (non-hydrogen) atoms. The predicted molar refractivity (Wildman–Crippen MR) is 68.2 cm³/mol. The van der Waals surface area contributed by atoms with Crippen molar-refractivity contribution in [3.8, 4) is 0 Å². The number of aryl methyl sites for hydroxylation is 1. The molecule has 3 nitrogen and oxygen atoms in total. The van der Waals surface area contributed by atoms with Crippen LogP contribution in [0.3, 0.4) is 0 Å². The van der Waals surface area contributed by atoms with Crippen LogP contribution >= 0.6 is 0 Å². The molecule has 3 rings (SSSR count). The van der Waals surface area contributed by atoms with Gasteiger partial charge in [0.15, 0.2) is 0 Å². The van der Waals surface area contributed by atoms with Crippen LogP contribution in [0, 0.1) is 18.3 Å². The zero-order chi connectivity index (χ0) is 13.1. The maximum Gasteiger partial charge on any atom is 0.112 e. The van der Waals surface area contributed by atoms with E-state index < -0.39 is 17.1 Å². The van der Waals surface area contributed by atoms with Gasteiger partial charge < -0.3 is 14.6 Å². The molecule has 4 atom stereocenters. The van der Waals surface area contributed by atoms with Crippen LogP contribution in [-0.2, 0) is 6.42 Å². The molecule has 0 aromatic carbocycles. The Morgan fingerprint density at radius 2 is 2.17 bits per heavy atom. The predicted octanol–water partition coefficient (Wildman–Crippen LogP) is 2.73. The summed E-state index contributed by atoms with van der Waals surface area (Å²) in [6, 6.07) is 0. The molecule has 2 aliphatic rings. The third kappa shape index (κ3) is 1.27. The van der Waals surface area contributed by atoms with E-state index in [1.165, 1.54) is 0 Å². The fraction of sp³-hybridized carbons (Fsp3) is 0.733. The smallest absolute Gasteiger partial charge is 0.112 e. The molecule has 1 saturated carbocycles. The van der Waals surface area contributed by atoms with Gasteiger partial charge in [-0.05, 0) is 31.2 Å². The van der Waals surface area contributed by atoms with Crippen LogP contribution in [-0.4, -0.2) is 15.8 Å². The topological polar surface area (TPSA) is 53.6 Å². The molecular formula is C15H22O3. The molecule has 1 aromatic rings. The van der Waals surface area contributed by atoms with E-state index >= 15 is 0 Å². The Labute approximate surface area is 108 Å². The summed E-state index contributed by atoms with van der Waals surface area (Å²) in [6.45, 7) is 6.15. The summed E-state index contributed by atoms with van der Waals surface area (Å²) in [5.74, 6) is 1.09. The molecule has 1 aromatic heterocycles. The van der Waals surface area contributed by atoms with Gasteiger partial charge in [-0.15, -0.1) is 0 Å². The first-order chi connectivity index (χ1) is 8.40. The Hall–Kier alpha value is -0.800. The molecule has 100 valence electrons. The molecule has 3 heteroatoms. The normalized spacial score (nSPS) is 43.4. The van der Waals surface area contributed by atoms with Crippen molar-refractivity contribution in [3.63, 3.8) is 0 Å². The van der Waals surface area contributed by atoms with Crippen molar-refractivity contribution in [2.24, 2.45) is 11.3 Å². The van der Waals surface area contributed by atoms with E-state index in [1.807, 2.05) is 13.8 Å². The van der Waals surface area contributed by atoms with Crippen LogP contribution in [0.15, 0.2) is 10.7 Å². The molecule has 0 radical (unpaired) electrons. The van der Waals surface area contributed by atoms with Gasteiger partial charge in [-0.1, -0.05) is 20.3 Å². The monoisotopic (exact) mass is 250 g/mol. The minimum atomic E-state index is -0.832. The highest BCUT2D eigenvalue weighted by Gasteiger charge is 2.60. The molecule has 1 fully saturated rings. The number of fused-ring (bicyclic) bond motifs is 2. The lowest BCUT2D eigenvalue weighted by atomic mass is 9.51. The van der Waals surface area contributed by atoms with Gasteiger partial charge in [-0.2, -0.15) is 0 Å². The number of aliphatic hydroxyl groups excluding tert-OH is 1. The number of rotatable bonds is 0. The molecule has 0 bridgehead atoms. The van der Waals surface area contributed by atoms with Crippen molar-refractivity contribution in [1.82, 2.24) is 0 Å². The first kappa shape index (κ1) is 12.2. The summed E-state index contributed by atoms with van der Waals surface area (Å²) in [7, 11) is 0. The lowest BCUT2D eigenvalue weighted by molar-refractivity contribution is -0.196. The number of aliphatic hydroxyl groups is 2. The van der Waals surface area contributed by atoms with Crippen molar-refractivity contribution in [3.05, 3.63) is 23.2 Å². The molecule has 1 heterocycles. The molecule has 0 unspecified atom stereocenters. The maximum absolute atomic E-state index is 11.0.